The number of anilines is 1. The Morgan fingerprint density at radius 2 is 2.05 bits per heavy atom. The molecule has 0 saturated heterocycles. The molecule has 0 radical (unpaired) electrons. The highest BCUT2D eigenvalue weighted by atomic mass is 19.4. The molecule has 1 heterocycles. The molecule has 21 heavy (non-hydrogen) atoms. The van der Waals surface area contributed by atoms with Crippen LogP contribution in [0.25, 0.3) is 0 Å². The van der Waals surface area contributed by atoms with Gasteiger partial charge in [0.1, 0.15) is 0 Å². The molecule has 1 aromatic carbocycles. The van der Waals surface area contributed by atoms with Crippen molar-refractivity contribution in [3.63, 3.8) is 0 Å². The van der Waals surface area contributed by atoms with Gasteiger partial charge >= 0.3 is 6.18 Å². The third-order valence-electron chi connectivity index (χ3n) is 2.80. The summed E-state index contributed by atoms with van der Waals surface area (Å²) in [6.45, 7) is 0.179. The van der Waals surface area contributed by atoms with Gasteiger partial charge in [0, 0.05) is 30.2 Å². The summed E-state index contributed by atoms with van der Waals surface area (Å²) < 4.78 is 38.2. The van der Waals surface area contributed by atoms with Crippen LogP contribution in [0.3, 0.4) is 0 Å². The van der Waals surface area contributed by atoms with Gasteiger partial charge in [-0.1, -0.05) is 6.07 Å². The molecule has 3 N–H and O–H groups in total. The van der Waals surface area contributed by atoms with Crippen LogP contribution in [0.1, 0.15) is 21.5 Å². The van der Waals surface area contributed by atoms with Gasteiger partial charge in [-0.2, -0.15) is 13.2 Å². The van der Waals surface area contributed by atoms with E-state index in [1.807, 2.05) is 0 Å². The molecule has 110 valence electrons. The number of aromatic nitrogens is 1. The zero-order valence-electron chi connectivity index (χ0n) is 10.8. The molecule has 0 aliphatic rings. The maximum Gasteiger partial charge on any atom is 0.418 e. The van der Waals surface area contributed by atoms with E-state index in [1.54, 1.807) is 24.5 Å². The summed E-state index contributed by atoms with van der Waals surface area (Å²) in [5.74, 6) is -0.607. The molecule has 0 bridgehead atoms. The summed E-state index contributed by atoms with van der Waals surface area (Å²) in [5.41, 5.74) is 4.50. The molecule has 2 rings (SSSR count). The maximum absolute atomic E-state index is 12.7. The van der Waals surface area contributed by atoms with Gasteiger partial charge in [0.2, 0.25) is 0 Å². The monoisotopic (exact) mass is 295 g/mol. The first-order valence-corrected chi connectivity index (χ1v) is 6.02. The zero-order chi connectivity index (χ0) is 15.5. The van der Waals surface area contributed by atoms with E-state index >= 15 is 0 Å². The largest absolute Gasteiger partial charge is 0.418 e. The zero-order valence-corrected chi connectivity index (χ0v) is 10.8. The quantitative estimate of drug-likeness (QED) is 0.855. The van der Waals surface area contributed by atoms with Crippen molar-refractivity contribution in [1.82, 2.24) is 10.3 Å². The van der Waals surface area contributed by atoms with Crippen LogP contribution in [0.5, 0.6) is 0 Å². The molecular formula is C14H12F3N3O. The summed E-state index contributed by atoms with van der Waals surface area (Å²) in [4.78, 5) is 15.7. The Balaban J connectivity index is 2.13. The Labute approximate surface area is 118 Å². The molecule has 0 unspecified atom stereocenters. The van der Waals surface area contributed by atoms with Gasteiger partial charge in [-0.25, -0.2) is 0 Å². The lowest BCUT2D eigenvalue weighted by molar-refractivity contribution is -0.136. The van der Waals surface area contributed by atoms with E-state index in [0.29, 0.717) is 0 Å². The first-order chi connectivity index (χ1) is 9.88. The van der Waals surface area contributed by atoms with Crippen LogP contribution >= 0.6 is 0 Å². The molecule has 0 fully saturated rings. The fourth-order valence-corrected chi connectivity index (χ4v) is 1.73. The van der Waals surface area contributed by atoms with Crippen molar-refractivity contribution in [2.75, 3.05) is 5.73 Å². The summed E-state index contributed by atoms with van der Waals surface area (Å²) in [6.07, 6.45) is -1.45. The number of halogens is 3. The first-order valence-electron chi connectivity index (χ1n) is 6.02. The van der Waals surface area contributed by atoms with Crippen LogP contribution in [0.2, 0.25) is 0 Å². The van der Waals surface area contributed by atoms with E-state index in [4.69, 9.17) is 5.73 Å². The first kappa shape index (κ1) is 14.8. The molecule has 0 aliphatic carbocycles. The normalized spacial score (nSPS) is 11.2. The highest BCUT2D eigenvalue weighted by Gasteiger charge is 2.33. The van der Waals surface area contributed by atoms with Gasteiger partial charge < -0.3 is 11.1 Å². The molecule has 7 heteroatoms. The minimum atomic E-state index is -4.59. The molecule has 1 aromatic heterocycles. The number of hydrogen-bond donors (Lipinski definition) is 2. The minimum Gasteiger partial charge on any atom is -0.398 e. The fourth-order valence-electron chi connectivity index (χ4n) is 1.73. The highest BCUT2D eigenvalue weighted by Crippen LogP contribution is 2.33. The number of carbonyl (C=O) groups is 1. The van der Waals surface area contributed by atoms with E-state index in [-0.39, 0.29) is 12.1 Å². The van der Waals surface area contributed by atoms with Crippen molar-refractivity contribution < 1.29 is 18.0 Å². The van der Waals surface area contributed by atoms with E-state index in [2.05, 4.69) is 10.3 Å². The van der Waals surface area contributed by atoms with Crippen LogP contribution in [0.4, 0.5) is 18.9 Å². The summed E-state index contributed by atoms with van der Waals surface area (Å²) in [5, 5.41) is 2.53. The second kappa shape index (κ2) is 5.82. The van der Waals surface area contributed by atoms with Gasteiger partial charge in [0.15, 0.2) is 0 Å². The molecule has 1 amide bonds. The second-order valence-electron chi connectivity index (χ2n) is 4.34. The minimum absolute atomic E-state index is 0.0968. The lowest BCUT2D eigenvalue weighted by Gasteiger charge is -2.12. The number of nitrogen functional groups attached to an aromatic ring is 1. The lowest BCUT2D eigenvalue weighted by atomic mass is 10.1. The molecule has 2 aromatic rings. The molecule has 0 saturated carbocycles. The standard InChI is InChI=1S/C14H12F3N3O/c15-14(16,17)11-6-10(3-4-12(11)18)13(21)20-8-9-2-1-5-19-7-9/h1-7H,8,18H2,(H,20,21). The predicted molar refractivity (Wildman–Crippen MR) is 71.3 cm³/mol. The number of benzene rings is 1. The second-order valence-corrected chi connectivity index (χ2v) is 4.34. The summed E-state index contributed by atoms with van der Waals surface area (Å²) in [7, 11) is 0. The topological polar surface area (TPSA) is 68.0 Å². The van der Waals surface area contributed by atoms with Crippen molar-refractivity contribution in [2.45, 2.75) is 12.7 Å². The number of rotatable bonds is 3. The number of alkyl halides is 3. The van der Waals surface area contributed by atoms with E-state index in [9.17, 15) is 18.0 Å². The molecule has 0 atom stereocenters. The van der Waals surface area contributed by atoms with Crippen LogP contribution in [-0.2, 0) is 12.7 Å². The van der Waals surface area contributed by atoms with Crippen molar-refractivity contribution >= 4 is 11.6 Å². The average molecular weight is 295 g/mol. The molecule has 0 spiro atoms. The Hall–Kier alpha value is -2.57. The number of amides is 1. The fraction of sp³-hybridized carbons (Fsp3) is 0.143. The Morgan fingerprint density at radius 1 is 1.29 bits per heavy atom. The number of pyridine rings is 1. The van der Waals surface area contributed by atoms with Gasteiger partial charge in [-0.3, -0.25) is 9.78 Å². The number of carbonyl (C=O) groups excluding carboxylic acids is 1. The lowest BCUT2D eigenvalue weighted by Crippen LogP contribution is -2.23. The number of nitrogens with zero attached hydrogens (tertiary/aromatic N) is 1. The smallest absolute Gasteiger partial charge is 0.398 e. The van der Waals surface area contributed by atoms with Gasteiger partial charge in [0.05, 0.1) is 5.56 Å². The molecular weight excluding hydrogens is 283 g/mol. The van der Waals surface area contributed by atoms with E-state index in [0.717, 1.165) is 17.7 Å². The van der Waals surface area contributed by atoms with Gasteiger partial charge in [-0.05, 0) is 29.8 Å². The van der Waals surface area contributed by atoms with Crippen LogP contribution in [0, 0.1) is 0 Å². The van der Waals surface area contributed by atoms with Crippen LogP contribution in [-0.4, -0.2) is 10.9 Å². The van der Waals surface area contributed by atoms with Crippen LogP contribution in [0.15, 0.2) is 42.7 Å². The Bertz CT molecular complexity index is 642. The summed E-state index contributed by atoms with van der Waals surface area (Å²) >= 11 is 0. The Morgan fingerprint density at radius 3 is 2.67 bits per heavy atom. The van der Waals surface area contributed by atoms with Crippen molar-refractivity contribution in [3.05, 3.63) is 59.4 Å². The van der Waals surface area contributed by atoms with Crippen molar-refractivity contribution in [3.8, 4) is 0 Å². The number of nitrogens with one attached hydrogen (secondary N) is 1. The average Bonchev–Trinajstić information content (AvgIpc) is 2.45. The van der Waals surface area contributed by atoms with Gasteiger partial charge in [0.25, 0.3) is 5.91 Å². The van der Waals surface area contributed by atoms with Crippen molar-refractivity contribution in [2.24, 2.45) is 0 Å². The SMILES string of the molecule is Nc1ccc(C(=O)NCc2cccnc2)cc1C(F)(F)F. The highest BCUT2D eigenvalue weighted by molar-refractivity contribution is 5.94. The summed E-state index contributed by atoms with van der Waals surface area (Å²) in [6, 6.07) is 6.52. The predicted octanol–water partition coefficient (Wildman–Crippen LogP) is 2.61. The third-order valence-corrected chi connectivity index (χ3v) is 2.80. The number of hydrogen-bond acceptors (Lipinski definition) is 3. The Kier molecular flexibility index (Phi) is 4.11. The maximum atomic E-state index is 12.7. The molecule has 0 aliphatic heterocycles. The molecule has 4 nitrogen and oxygen atoms in total. The third kappa shape index (κ3) is 3.71. The van der Waals surface area contributed by atoms with Crippen molar-refractivity contribution in [1.29, 1.82) is 0 Å². The van der Waals surface area contributed by atoms with Crippen LogP contribution < -0.4 is 11.1 Å². The number of nitrogens with two attached hydrogens (primary N) is 1. The van der Waals surface area contributed by atoms with Gasteiger partial charge in [-0.15, -0.1) is 0 Å². The van der Waals surface area contributed by atoms with E-state index < -0.39 is 23.3 Å². The van der Waals surface area contributed by atoms with E-state index in [1.165, 1.54) is 6.07 Å².